The highest BCUT2D eigenvalue weighted by molar-refractivity contribution is 7.75. The molecule has 0 aromatic heterocycles. The third kappa shape index (κ3) is 3.10. The van der Waals surface area contributed by atoms with Crippen LogP contribution < -0.4 is 0 Å². The molecule has 82 valence electrons. The molecule has 0 heterocycles. The third-order valence-electron chi connectivity index (χ3n) is 1.14. The summed E-state index contributed by atoms with van der Waals surface area (Å²) < 4.78 is 21.0. The van der Waals surface area contributed by atoms with E-state index >= 15 is 0 Å². The summed E-state index contributed by atoms with van der Waals surface area (Å²) in [5.74, 6) is -1.64. The van der Waals surface area contributed by atoms with Gasteiger partial charge in [0.25, 0.3) is 5.45 Å². The van der Waals surface area contributed by atoms with E-state index in [1.54, 1.807) is 0 Å². The molecule has 0 fully saturated rings. The van der Waals surface area contributed by atoms with E-state index in [2.05, 4.69) is 14.2 Å². The highest BCUT2D eigenvalue weighted by Crippen LogP contribution is 2.49. The SMILES string of the molecule is CCOP(=O)(OCC)C(=NO)C(=O)O. The average Bonchev–Trinajstić information content (AvgIpc) is 2.04. The van der Waals surface area contributed by atoms with Crippen molar-refractivity contribution in [2.75, 3.05) is 13.2 Å². The molecule has 14 heavy (non-hydrogen) atoms. The molecule has 8 heteroatoms. The van der Waals surface area contributed by atoms with E-state index < -0.39 is 19.0 Å². The zero-order valence-corrected chi connectivity index (χ0v) is 8.73. The first-order chi connectivity index (χ1) is 6.51. The molecule has 0 aromatic rings. The Kier molecular flexibility index (Phi) is 5.37. The molecule has 0 aliphatic heterocycles. The molecule has 0 amide bonds. The standard InChI is InChI=1S/C6H12NO6P/c1-3-12-14(11,13-4-2)5(7-10)6(8)9/h10H,3-4H2,1-2H3,(H,8,9). The lowest BCUT2D eigenvalue weighted by molar-refractivity contribution is -0.129. The van der Waals surface area contributed by atoms with Gasteiger partial charge in [-0.2, -0.15) is 0 Å². The van der Waals surface area contributed by atoms with Crippen LogP contribution in [-0.2, 0) is 18.4 Å². The minimum Gasteiger partial charge on any atom is -0.476 e. The maximum atomic E-state index is 11.7. The minimum atomic E-state index is -3.99. The molecule has 0 bridgehead atoms. The van der Waals surface area contributed by atoms with E-state index in [0.717, 1.165) is 0 Å². The van der Waals surface area contributed by atoms with Gasteiger partial charge in [-0.15, -0.1) is 0 Å². The van der Waals surface area contributed by atoms with Crippen LogP contribution in [0.15, 0.2) is 5.16 Å². The lowest BCUT2D eigenvalue weighted by atomic mass is 10.8. The van der Waals surface area contributed by atoms with Gasteiger partial charge in [0.05, 0.1) is 13.2 Å². The molecule has 0 saturated carbocycles. The predicted molar refractivity (Wildman–Crippen MR) is 47.7 cm³/mol. The Morgan fingerprint density at radius 3 is 2.00 bits per heavy atom. The molecule has 2 N–H and O–H groups in total. The van der Waals surface area contributed by atoms with E-state index in [1.165, 1.54) is 13.8 Å². The van der Waals surface area contributed by atoms with Crippen molar-refractivity contribution in [1.82, 2.24) is 0 Å². The molecule has 0 rings (SSSR count). The Balaban J connectivity index is 4.97. The third-order valence-corrected chi connectivity index (χ3v) is 3.14. The first-order valence-corrected chi connectivity index (χ1v) is 5.41. The van der Waals surface area contributed by atoms with Gasteiger partial charge in [0.1, 0.15) is 0 Å². The highest BCUT2D eigenvalue weighted by Gasteiger charge is 2.37. The second kappa shape index (κ2) is 5.74. The normalized spacial score (nSPS) is 12.9. The summed E-state index contributed by atoms with van der Waals surface area (Å²) >= 11 is 0. The van der Waals surface area contributed by atoms with Crippen molar-refractivity contribution in [1.29, 1.82) is 0 Å². The summed E-state index contributed by atoms with van der Waals surface area (Å²) in [7, 11) is -3.99. The summed E-state index contributed by atoms with van der Waals surface area (Å²) in [6.07, 6.45) is 0. The van der Waals surface area contributed by atoms with Crippen LogP contribution in [0.1, 0.15) is 13.8 Å². The van der Waals surface area contributed by atoms with E-state index in [4.69, 9.17) is 10.3 Å². The average molecular weight is 225 g/mol. The van der Waals surface area contributed by atoms with Gasteiger partial charge in [-0.25, -0.2) is 4.79 Å². The number of carboxylic acid groups (broad SMARTS) is 1. The number of rotatable bonds is 6. The molecular formula is C6H12NO6P. The Morgan fingerprint density at radius 1 is 1.36 bits per heavy atom. The first-order valence-electron chi connectivity index (χ1n) is 3.86. The fourth-order valence-electron chi connectivity index (χ4n) is 0.714. The van der Waals surface area contributed by atoms with Gasteiger partial charge in [0, 0.05) is 0 Å². The van der Waals surface area contributed by atoms with E-state index in [0.29, 0.717) is 0 Å². The number of carboxylic acids is 1. The molecule has 0 unspecified atom stereocenters. The Morgan fingerprint density at radius 2 is 1.79 bits per heavy atom. The van der Waals surface area contributed by atoms with Gasteiger partial charge in [-0.3, -0.25) is 4.57 Å². The quantitative estimate of drug-likeness (QED) is 0.303. The van der Waals surface area contributed by atoms with Crippen molar-refractivity contribution in [3.05, 3.63) is 0 Å². The fraction of sp³-hybridized carbons (Fsp3) is 0.667. The van der Waals surface area contributed by atoms with Crippen LogP contribution in [0.5, 0.6) is 0 Å². The lowest BCUT2D eigenvalue weighted by Crippen LogP contribution is -2.17. The summed E-state index contributed by atoms with van der Waals surface area (Å²) in [6.45, 7) is 3.01. The molecule has 0 aliphatic carbocycles. The van der Waals surface area contributed by atoms with Crippen LogP contribution in [-0.4, -0.2) is 34.9 Å². The summed E-state index contributed by atoms with van der Waals surface area (Å²) in [6, 6.07) is 0. The van der Waals surface area contributed by atoms with E-state index in [9.17, 15) is 9.36 Å². The van der Waals surface area contributed by atoms with Crippen LogP contribution >= 0.6 is 7.60 Å². The van der Waals surface area contributed by atoms with Crippen LogP contribution in [0.4, 0.5) is 0 Å². The van der Waals surface area contributed by atoms with Crippen molar-refractivity contribution in [3.8, 4) is 0 Å². The summed E-state index contributed by atoms with van der Waals surface area (Å²) in [5, 5.41) is 19.3. The van der Waals surface area contributed by atoms with Crippen molar-refractivity contribution >= 4 is 19.0 Å². The van der Waals surface area contributed by atoms with Gasteiger partial charge in [-0.1, -0.05) is 5.16 Å². The van der Waals surface area contributed by atoms with Crippen LogP contribution in [0, 0.1) is 0 Å². The van der Waals surface area contributed by atoms with Gasteiger partial charge < -0.3 is 19.4 Å². The molecule has 0 radical (unpaired) electrons. The topological polar surface area (TPSA) is 105 Å². The number of hydrogen-bond donors (Lipinski definition) is 2. The first kappa shape index (κ1) is 13.1. The summed E-state index contributed by atoms with van der Waals surface area (Å²) in [5.41, 5.74) is -1.01. The van der Waals surface area contributed by atoms with Crippen LogP contribution in [0.2, 0.25) is 0 Å². The smallest absolute Gasteiger partial charge is 0.390 e. The second-order valence-electron chi connectivity index (χ2n) is 2.06. The molecule has 0 spiro atoms. The van der Waals surface area contributed by atoms with E-state index in [1.807, 2.05) is 0 Å². The second-order valence-corrected chi connectivity index (χ2v) is 4.00. The number of nitrogens with zero attached hydrogens (tertiary/aromatic N) is 1. The molecule has 0 atom stereocenters. The van der Waals surface area contributed by atoms with Gasteiger partial charge >= 0.3 is 13.6 Å². The van der Waals surface area contributed by atoms with Crippen molar-refractivity contribution in [2.24, 2.45) is 5.16 Å². The van der Waals surface area contributed by atoms with E-state index in [-0.39, 0.29) is 13.2 Å². The predicted octanol–water partition coefficient (Wildman–Crippen LogP) is 1.12. The molecule has 0 aromatic carbocycles. The van der Waals surface area contributed by atoms with Crippen molar-refractivity contribution in [2.45, 2.75) is 13.8 Å². The summed E-state index contributed by atoms with van der Waals surface area (Å²) in [4.78, 5) is 10.5. The Bertz CT molecular complexity index is 265. The monoisotopic (exact) mass is 225 g/mol. The van der Waals surface area contributed by atoms with Gasteiger partial charge in [0.2, 0.25) is 0 Å². The van der Waals surface area contributed by atoms with Crippen LogP contribution in [0.3, 0.4) is 0 Å². The lowest BCUT2D eigenvalue weighted by Gasteiger charge is -2.14. The number of carbonyl (C=O) groups is 1. The largest absolute Gasteiger partial charge is 0.476 e. The van der Waals surface area contributed by atoms with Crippen molar-refractivity contribution in [3.63, 3.8) is 0 Å². The fourth-order valence-corrected chi connectivity index (χ4v) is 2.06. The molecule has 0 aliphatic rings. The minimum absolute atomic E-state index is 0.0103. The van der Waals surface area contributed by atoms with Gasteiger partial charge in [-0.05, 0) is 13.8 Å². The Hall–Kier alpha value is -0.910. The Labute approximate surface area is 80.9 Å². The highest BCUT2D eigenvalue weighted by atomic mass is 31.2. The molecular weight excluding hydrogens is 213 g/mol. The maximum absolute atomic E-state index is 11.7. The van der Waals surface area contributed by atoms with Gasteiger partial charge in [0.15, 0.2) is 0 Å². The van der Waals surface area contributed by atoms with Crippen molar-refractivity contribution < 1.29 is 28.7 Å². The zero-order valence-electron chi connectivity index (χ0n) is 7.84. The number of oxime groups is 1. The number of aliphatic carboxylic acids is 1. The molecule has 7 nitrogen and oxygen atoms in total. The number of hydrogen-bond acceptors (Lipinski definition) is 6. The maximum Gasteiger partial charge on any atom is 0.390 e. The zero-order chi connectivity index (χ0) is 11.2. The molecule has 0 saturated heterocycles. The van der Waals surface area contributed by atoms with Crippen LogP contribution in [0.25, 0.3) is 0 Å².